The van der Waals surface area contributed by atoms with Gasteiger partial charge in [0.05, 0.1) is 0 Å². The number of halogens is 1. The number of aryl methyl sites for hydroxylation is 2. The number of piperidine rings is 1. The number of urea groups is 1. The first-order valence-electron chi connectivity index (χ1n) is 11.3. The summed E-state index contributed by atoms with van der Waals surface area (Å²) in [5, 5.41) is 2.96. The second-order valence-corrected chi connectivity index (χ2v) is 8.88. The molecule has 2 aliphatic rings. The molecular formula is C25H29FN4O3. The molecule has 4 rings (SSSR count). The van der Waals surface area contributed by atoms with Crippen LogP contribution >= 0.6 is 0 Å². The molecule has 0 aliphatic carbocycles. The highest BCUT2D eigenvalue weighted by Crippen LogP contribution is 2.22. The van der Waals surface area contributed by atoms with Crippen LogP contribution in [0, 0.1) is 19.7 Å². The third-order valence-corrected chi connectivity index (χ3v) is 6.27. The standard InChI is InChI=1S/C25H29FN4O3/c1-17-12-18(2)14-21(13-17)27-25(33)28-8-6-22(7-9-28)30-11-10-29(23(31)24(30)32)16-19-4-3-5-20(26)15-19/h3-5,12-15,22H,6-11,16H2,1-2H3,(H,27,33). The molecule has 7 nitrogen and oxygen atoms in total. The van der Waals surface area contributed by atoms with Crippen molar-refractivity contribution in [3.63, 3.8) is 0 Å². The Balaban J connectivity index is 1.30. The number of rotatable bonds is 4. The van der Waals surface area contributed by atoms with E-state index in [1.54, 1.807) is 21.9 Å². The van der Waals surface area contributed by atoms with Crippen molar-refractivity contribution in [2.24, 2.45) is 0 Å². The van der Waals surface area contributed by atoms with E-state index >= 15 is 0 Å². The van der Waals surface area contributed by atoms with E-state index in [4.69, 9.17) is 0 Å². The number of carbonyl (C=O) groups excluding carboxylic acids is 3. The predicted molar refractivity (Wildman–Crippen MR) is 123 cm³/mol. The summed E-state index contributed by atoms with van der Waals surface area (Å²) >= 11 is 0. The fourth-order valence-electron chi connectivity index (χ4n) is 4.67. The lowest BCUT2D eigenvalue weighted by molar-refractivity contribution is -0.158. The van der Waals surface area contributed by atoms with Crippen LogP contribution in [0.4, 0.5) is 14.9 Å². The largest absolute Gasteiger partial charge is 0.330 e. The predicted octanol–water partition coefficient (Wildman–Crippen LogP) is 3.31. The molecule has 33 heavy (non-hydrogen) atoms. The Labute approximate surface area is 193 Å². The summed E-state index contributed by atoms with van der Waals surface area (Å²) in [6.07, 6.45) is 1.26. The quantitative estimate of drug-likeness (QED) is 0.724. The Bertz CT molecular complexity index is 1050. The van der Waals surface area contributed by atoms with Gasteiger partial charge in [-0.3, -0.25) is 9.59 Å². The molecule has 0 aromatic heterocycles. The molecule has 174 valence electrons. The van der Waals surface area contributed by atoms with Crippen LogP contribution in [0.1, 0.15) is 29.5 Å². The summed E-state index contributed by atoms with van der Waals surface area (Å²) in [5.41, 5.74) is 3.61. The zero-order valence-corrected chi connectivity index (χ0v) is 19.0. The van der Waals surface area contributed by atoms with E-state index in [2.05, 4.69) is 11.4 Å². The number of benzene rings is 2. The van der Waals surface area contributed by atoms with E-state index < -0.39 is 11.8 Å². The second kappa shape index (κ2) is 9.60. The van der Waals surface area contributed by atoms with Crippen molar-refractivity contribution in [2.45, 2.75) is 39.3 Å². The SMILES string of the molecule is Cc1cc(C)cc(NC(=O)N2CCC(N3CCN(Cc4cccc(F)c4)C(=O)C3=O)CC2)c1. The third kappa shape index (κ3) is 5.32. The fourth-order valence-corrected chi connectivity index (χ4v) is 4.67. The zero-order chi connectivity index (χ0) is 23.5. The first kappa shape index (κ1) is 22.8. The Morgan fingerprint density at radius 1 is 0.970 bits per heavy atom. The maximum absolute atomic E-state index is 13.4. The molecule has 0 atom stereocenters. The molecule has 1 N–H and O–H groups in total. The molecule has 2 fully saturated rings. The third-order valence-electron chi connectivity index (χ3n) is 6.27. The maximum Gasteiger partial charge on any atom is 0.321 e. The highest BCUT2D eigenvalue weighted by Gasteiger charge is 2.38. The number of nitrogens with zero attached hydrogens (tertiary/aromatic N) is 3. The van der Waals surface area contributed by atoms with E-state index in [-0.39, 0.29) is 24.4 Å². The molecule has 2 saturated heterocycles. The van der Waals surface area contributed by atoms with Crippen LogP contribution in [-0.2, 0) is 16.1 Å². The minimum Gasteiger partial charge on any atom is -0.330 e. The molecule has 0 radical (unpaired) electrons. The first-order chi connectivity index (χ1) is 15.8. The van der Waals surface area contributed by atoms with Crippen LogP contribution in [-0.4, -0.2) is 64.8 Å². The Kier molecular flexibility index (Phi) is 6.62. The number of amides is 4. The number of likely N-dealkylation sites (tertiary alicyclic amines) is 1. The van der Waals surface area contributed by atoms with Crippen molar-refractivity contribution in [1.82, 2.24) is 14.7 Å². The summed E-state index contributed by atoms with van der Waals surface area (Å²) < 4.78 is 13.4. The summed E-state index contributed by atoms with van der Waals surface area (Å²) in [7, 11) is 0. The summed E-state index contributed by atoms with van der Waals surface area (Å²) in [4.78, 5) is 43.0. The molecule has 2 aliphatic heterocycles. The lowest BCUT2D eigenvalue weighted by atomic mass is 10.0. The van der Waals surface area contributed by atoms with E-state index in [9.17, 15) is 18.8 Å². The Morgan fingerprint density at radius 2 is 1.67 bits per heavy atom. The minimum atomic E-state index is -0.555. The van der Waals surface area contributed by atoms with E-state index in [0.717, 1.165) is 16.8 Å². The molecule has 0 spiro atoms. The Morgan fingerprint density at radius 3 is 2.33 bits per heavy atom. The molecule has 8 heteroatoms. The van der Waals surface area contributed by atoms with Gasteiger partial charge in [-0.25, -0.2) is 9.18 Å². The van der Waals surface area contributed by atoms with Crippen LogP contribution in [0.15, 0.2) is 42.5 Å². The normalized spacial score (nSPS) is 17.5. The summed E-state index contributed by atoms with van der Waals surface area (Å²) in [6, 6.07) is 11.8. The van der Waals surface area contributed by atoms with Crippen LogP contribution in [0.5, 0.6) is 0 Å². The minimum absolute atomic E-state index is 0.0666. The van der Waals surface area contributed by atoms with E-state index in [0.29, 0.717) is 44.6 Å². The lowest BCUT2D eigenvalue weighted by Crippen LogP contribution is -2.59. The summed E-state index contributed by atoms with van der Waals surface area (Å²) in [5.74, 6) is -1.44. The second-order valence-electron chi connectivity index (χ2n) is 8.88. The Hall–Kier alpha value is -3.42. The van der Waals surface area contributed by atoms with Gasteiger partial charge in [-0.1, -0.05) is 18.2 Å². The van der Waals surface area contributed by atoms with Gasteiger partial charge in [0.2, 0.25) is 0 Å². The van der Waals surface area contributed by atoms with Gasteiger partial charge in [-0.05, 0) is 67.6 Å². The van der Waals surface area contributed by atoms with Gasteiger partial charge < -0.3 is 20.0 Å². The monoisotopic (exact) mass is 452 g/mol. The number of hydrogen-bond donors (Lipinski definition) is 1. The first-order valence-corrected chi connectivity index (χ1v) is 11.3. The smallest absolute Gasteiger partial charge is 0.321 e. The van der Waals surface area contributed by atoms with Gasteiger partial charge in [0, 0.05) is 44.5 Å². The van der Waals surface area contributed by atoms with Crippen molar-refractivity contribution in [3.8, 4) is 0 Å². The molecule has 2 heterocycles. The highest BCUT2D eigenvalue weighted by molar-refractivity contribution is 6.35. The molecule has 0 bridgehead atoms. The average Bonchev–Trinajstić information content (AvgIpc) is 2.76. The number of anilines is 1. The van der Waals surface area contributed by atoms with Gasteiger partial charge in [-0.15, -0.1) is 0 Å². The summed E-state index contributed by atoms with van der Waals surface area (Å²) in [6.45, 7) is 6.09. The van der Waals surface area contributed by atoms with E-state index in [1.165, 1.54) is 17.0 Å². The van der Waals surface area contributed by atoms with Gasteiger partial charge in [0.15, 0.2) is 0 Å². The average molecular weight is 453 g/mol. The maximum atomic E-state index is 13.4. The van der Waals surface area contributed by atoms with Crippen LogP contribution in [0.2, 0.25) is 0 Å². The van der Waals surface area contributed by atoms with Crippen molar-refractivity contribution >= 4 is 23.5 Å². The fraction of sp³-hybridized carbons (Fsp3) is 0.400. The molecule has 0 saturated carbocycles. The molecule has 2 aromatic carbocycles. The zero-order valence-electron chi connectivity index (χ0n) is 19.0. The van der Waals surface area contributed by atoms with Crippen LogP contribution in [0.25, 0.3) is 0 Å². The number of hydrogen-bond acceptors (Lipinski definition) is 3. The van der Waals surface area contributed by atoms with Gasteiger partial charge >= 0.3 is 17.8 Å². The molecular weight excluding hydrogens is 423 g/mol. The van der Waals surface area contributed by atoms with Crippen molar-refractivity contribution in [2.75, 3.05) is 31.5 Å². The molecule has 2 aromatic rings. The van der Waals surface area contributed by atoms with Crippen LogP contribution < -0.4 is 5.32 Å². The van der Waals surface area contributed by atoms with Gasteiger partial charge in [-0.2, -0.15) is 0 Å². The number of carbonyl (C=O) groups is 3. The molecule has 0 unspecified atom stereocenters. The lowest BCUT2D eigenvalue weighted by Gasteiger charge is -2.42. The van der Waals surface area contributed by atoms with Crippen molar-refractivity contribution in [3.05, 3.63) is 65.0 Å². The van der Waals surface area contributed by atoms with Gasteiger partial charge in [0.1, 0.15) is 5.82 Å². The van der Waals surface area contributed by atoms with Crippen LogP contribution in [0.3, 0.4) is 0 Å². The van der Waals surface area contributed by atoms with Crippen molar-refractivity contribution in [1.29, 1.82) is 0 Å². The number of nitrogens with one attached hydrogen (secondary N) is 1. The van der Waals surface area contributed by atoms with E-state index in [1.807, 2.05) is 26.0 Å². The molecule has 4 amide bonds. The number of piperazine rings is 1. The topological polar surface area (TPSA) is 73.0 Å². The van der Waals surface area contributed by atoms with Crippen molar-refractivity contribution < 1.29 is 18.8 Å². The highest BCUT2D eigenvalue weighted by atomic mass is 19.1. The van der Waals surface area contributed by atoms with Gasteiger partial charge in [0.25, 0.3) is 0 Å².